The Hall–Kier alpha value is -6.16. The first-order valence-corrected chi connectivity index (χ1v) is 19.9. The van der Waals surface area contributed by atoms with E-state index in [1.54, 1.807) is 0 Å². The Morgan fingerprint density at radius 1 is 0.431 bits per heavy atom. The maximum Gasteiger partial charge on any atom is 0.179 e. The van der Waals surface area contributed by atoms with Gasteiger partial charge in [0.15, 0.2) is 8.07 Å². The van der Waals surface area contributed by atoms with E-state index in [1.165, 1.54) is 70.1 Å². The van der Waals surface area contributed by atoms with Gasteiger partial charge in [-0.05, 0) is 63.6 Å². The number of rotatable bonds is 6. The quantitative estimate of drug-likeness (QED) is 0.123. The van der Waals surface area contributed by atoms with E-state index in [2.05, 4.69) is 209 Å². The Labute approximate surface area is 298 Å². The molecule has 0 saturated carbocycles. The summed E-state index contributed by atoms with van der Waals surface area (Å²) in [6.45, 7) is 0. The summed E-state index contributed by atoms with van der Waals surface area (Å²) < 4.78 is 5.03. The van der Waals surface area contributed by atoms with E-state index in [4.69, 9.17) is 0 Å². The molecule has 10 rings (SSSR count). The molecule has 9 aromatic rings. The minimum absolute atomic E-state index is 0.162. The van der Waals surface area contributed by atoms with Gasteiger partial charge in [0.05, 0.1) is 17.1 Å². The molecular weight excluding hydrogens is 633 g/mol. The number of para-hydroxylation sites is 3. The highest BCUT2D eigenvalue weighted by Gasteiger charge is 2.43. The molecule has 2 aromatic heterocycles. The summed E-state index contributed by atoms with van der Waals surface area (Å²) >= 11 is 0. The lowest BCUT2D eigenvalue weighted by Gasteiger charge is -2.37. The van der Waals surface area contributed by atoms with Crippen molar-refractivity contribution in [2.75, 3.05) is 0 Å². The van der Waals surface area contributed by atoms with E-state index in [1.807, 2.05) is 0 Å². The zero-order chi connectivity index (χ0) is 33.8. The Morgan fingerprint density at radius 3 is 1.43 bits per heavy atom. The molecule has 1 atom stereocenters. The zero-order valence-corrected chi connectivity index (χ0v) is 29.2. The molecule has 0 fully saturated rings. The van der Waals surface area contributed by atoms with Gasteiger partial charge in [0, 0.05) is 38.3 Å². The van der Waals surface area contributed by atoms with Crippen molar-refractivity contribution in [3.8, 4) is 5.69 Å². The van der Waals surface area contributed by atoms with Gasteiger partial charge in [-0.2, -0.15) is 0 Å². The predicted molar refractivity (Wildman–Crippen MR) is 219 cm³/mol. The fraction of sp³-hybridized carbons (Fsp3) is 0.0417. The lowest BCUT2D eigenvalue weighted by Crippen LogP contribution is -2.68. The van der Waals surface area contributed by atoms with Crippen molar-refractivity contribution >= 4 is 67.2 Å². The lowest BCUT2D eigenvalue weighted by molar-refractivity contribution is 0.646. The molecule has 0 N–H and O–H groups in total. The van der Waals surface area contributed by atoms with Gasteiger partial charge >= 0.3 is 0 Å². The Bertz CT molecular complexity index is 2620. The van der Waals surface area contributed by atoms with Crippen LogP contribution in [0.3, 0.4) is 0 Å². The highest BCUT2D eigenvalue weighted by atomic mass is 28.3. The second-order valence-corrected chi connectivity index (χ2v) is 17.4. The summed E-state index contributed by atoms with van der Waals surface area (Å²) in [5, 5.41) is 10.8. The van der Waals surface area contributed by atoms with Crippen LogP contribution in [0.4, 0.5) is 0 Å². The molecule has 0 bridgehead atoms. The van der Waals surface area contributed by atoms with Gasteiger partial charge in [-0.15, -0.1) is 0 Å². The molecule has 3 heteroatoms. The van der Waals surface area contributed by atoms with Crippen LogP contribution in [0.15, 0.2) is 205 Å². The molecule has 1 unspecified atom stereocenters. The largest absolute Gasteiger partial charge is 0.333 e. The van der Waals surface area contributed by atoms with Gasteiger partial charge < -0.3 is 9.13 Å². The van der Waals surface area contributed by atoms with Crippen LogP contribution in [0, 0.1) is 0 Å². The summed E-state index contributed by atoms with van der Waals surface area (Å²) in [5.41, 5.74) is 6.19. The SMILES string of the molecule is C1=CC([Si](c2ccccc2)(c2ccccc2)c2ccccc2)=CC(n2c3ccccc3c3cc(-n4c5ccccc5c5ccccc54)ccc32)C1. The van der Waals surface area contributed by atoms with E-state index in [0.717, 1.165) is 6.42 Å². The van der Waals surface area contributed by atoms with E-state index < -0.39 is 8.07 Å². The van der Waals surface area contributed by atoms with Crippen LogP contribution in [0.25, 0.3) is 49.3 Å². The lowest BCUT2D eigenvalue weighted by atomic mass is 10.1. The zero-order valence-electron chi connectivity index (χ0n) is 28.2. The maximum atomic E-state index is 2.60. The highest BCUT2D eigenvalue weighted by molar-refractivity contribution is 7.16. The fourth-order valence-corrected chi connectivity index (χ4v) is 13.7. The molecular formula is C48H36N2Si. The van der Waals surface area contributed by atoms with Gasteiger partial charge in [-0.1, -0.05) is 164 Å². The first kappa shape index (κ1) is 29.7. The molecule has 0 spiro atoms. The molecule has 2 nitrogen and oxygen atoms in total. The number of allylic oxidation sites excluding steroid dienone is 4. The third-order valence-electron chi connectivity index (χ3n) is 11.0. The molecule has 2 heterocycles. The van der Waals surface area contributed by atoms with Crippen molar-refractivity contribution in [3.05, 3.63) is 205 Å². The molecule has 0 radical (unpaired) electrons. The number of benzene rings is 7. The minimum atomic E-state index is -2.65. The minimum Gasteiger partial charge on any atom is -0.333 e. The molecule has 7 aromatic carbocycles. The summed E-state index contributed by atoms with van der Waals surface area (Å²) in [6.07, 6.45) is 8.40. The van der Waals surface area contributed by atoms with Crippen molar-refractivity contribution in [3.63, 3.8) is 0 Å². The van der Waals surface area contributed by atoms with Crippen LogP contribution in [-0.2, 0) is 0 Å². The molecule has 1 aliphatic rings. The van der Waals surface area contributed by atoms with Crippen LogP contribution in [0.5, 0.6) is 0 Å². The Kier molecular flexibility index (Phi) is 7.00. The summed E-state index contributed by atoms with van der Waals surface area (Å²) in [7, 11) is -2.65. The van der Waals surface area contributed by atoms with Crippen molar-refractivity contribution in [2.45, 2.75) is 12.5 Å². The van der Waals surface area contributed by atoms with Crippen molar-refractivity contribution in [2.24, 2.45) is 0 Å². The second kappa shape index (κ2) is 12.0. The first-order valence-electron chi connectivity index (χ1n) is 17.9. The van der Waals surface area contributed by atoms with Crippen molar-refractivity contribution in [1.82, 2.24) is 9.13 Å². The standard InChI is InChI=1S/C48H36N2Si/c1-4-18-37(19-5-1)51(38-20-6-2-7-21-38,39-22-8-3-9-23-39)40-24-16-17-35(33-40)49-47-30-15-12-27-43(47)44-34-36(31-32-48(44)49)50-45-28-13-10-25-41(45)42-26-11-14-29-46(42)50/h1-16,18-35H,17H2. The summed E-state index contributed by atoms with van der Waals surface area (Å²) in [6, 6.07) is 67.5. The van der Waals surface area contributed by atoms with Crippen LogP contribution in [-0.4, -0.2) is 17.2 Å². The summed E-state index contributed by atoms with van der Waals surface area (Å²) in [4.78, 5) is 0. The topological polar surface area (TPSA) is 9.86 Å². The van der Waals surface area contributed by atoms with Crippen LogP contribution < -0.4 is 15.6 Å². The summed E-state index contributed by atoms with van der Waals surface area (Å²) in [5.74, 6) is 0. The van der Waals surface area contributed by atoms with Gasteiger partial charge in [-0.3, -0.25) is 0 Å². The van der Waals surface area contributed by atoms with Gasteiger partial charge in [0.25, 0.3) is 0 Å². The molecule has 0 saturated heterocycles. The molecule has 1 aliphatic carbocycles. The van der Waals surface area contributed by atoms with Crippen LogP contribution >= 0.6 is 0 Å². The average Bonchev–Trinajstić information content (AvgIpc) is 3.72. The molecule has 242 valence electrons. The Morgan fingerprint density at radius 2 is 0.882 bits per heavy atom. The average molecular weight is 669 g/mol. The van der Waals surface area contributed by atoms with E-state index in [0.29, 0.717) is 0 Å². The van der Waals surface area contributed by atoms with Crippen LogP contribution in [0.1, 0.15) is 12.5 Å². The number of hydrogen-bond acceptors (Lipinski definition) is 0. The third-order valence-corrected chi connectivity index (χ3v) is 15.8. The second-order valence-electron chi connectivity index (χ2n) is 13.6. The van der Waals surface area contributed by atoms with Gasteiger partial charge in [0.2, 0.25) is 0 Å². The molecule has 0 aliphatic heterocycles. The molecule has 0 amide bonds. The van der Waals surface area contributed by atoms with Crippen molar-refractivity contribution in [1.29, 1.82) is 0 Å². The molecule has 51 heavy (non-hydrogen) atoms. The number of fused-ring (bicyclic) bond motifs is 6. The highest BCUT2D eigenvalue weighted by Crippen LogP contribution is 2.39. The monoisotopic (exact) mass is 668 g/mol. The predicted octanol–water partition coefficient (Wildman–Crippen LogP) is 10.0. The maximum absolute atomic E-state index is 2.65. The van der Waals surface area contributed by atoms with Crippen LogP contribution in [0.2, 0.25) is 0 Å². The van der Waals surface area contributed by atoms with E-state index >= 15 is 0 Å². The van der Waals surface area contributed by atoms with E-state index in [-0.39, 0.29) is 6.04 Å². The number of nitrogens with zero attached hydrogens (tertiary/aromatic N) is 2. The number of aromatic nitrogens is 2. The fourth-order valence-electron chi connectivity index (χ4n) is 8.85. The Balaban J connectivity index is 1.20. The number of hydrogen-bond donors (Lipinski definition) is 0. The van der Waals surface area contributed by atoms with Crippen molar-refractivity contribution < 1.29 is 0 Å². The van der Waals surface area contributed by atoms with E-state index in [9.17, 15) is 0 Å². The van der Waals surface area contributed by atoms with Gasteiger partial charge in [-0.25, -0.2) is 0 Å². The smallest absolute Gasteiger partial charge is 0.179 e. The first-order chi connectivity index (χ1) is 25.3. The van der Waals surface area contributed by atoms with Gasteiger partial charge in [0.1, 0.15) is 0 Å². The normalized spacial score (nSPS) is 14.8. The third kappa shape index (κ3) is 4.55.